The van der Waals surface area contributed by atoms with Crippen molar-refractivity contribution in [2.24, 2.45) is 0 Å². The highest BCUT2D eigenvalue weighted by atomic mass is 79.9. The maximum Gasteiger partial charge on any atom is 0.488 e. The van der Waals surface area contributed by atoms with Crippen molar-refractivity contribution in [2.75, 3.05) is 0 Å². The van der Waals surface area contributed by atoms with Gasteiger partial charge in [-0.3, -0.25) is 0 Å². The van der Waals surface area contributed by atoms with Gasteiger partial charge in [-0.2, -0.15) is 0 Å². The molecule has 0 unspecified atom stereocenters. The van der Waals surface area contributed by atoms with Gasteiger partial charge in [0.15, 0.2) is 0 Å². The first-order valence-electron chi connectivity index (χ1n) is 34.9. The molecule has 2 spiro atoms. The lowest BCUT2D eigenvalue weighted by atomic mass is 9.70. The molecule has 100 heavy (non-hydrogen) atoms. The van der Waals surface area contributed by atoms with Crippen molar-refractivity contribution in [3.63, 3.8) is 0 Å². The quantitative estimate of drug-likeness (QED) is 0.173. The summed E-state index contributed by atoms with van der Waals surface area (Å²) in [6.45, 7) is 13.8. The molecule has 0 heterocycles. The van der Waals surface area contributed by atoms with Crippen LogP contribution in [-0.2, 0) is 27.1 Å². The molecule has 0 fully saturated rings. The molecule has 14 aromatic carbocycles. The molecule has 14 aromatic rings. The molecule has 0 saturated heterocycles. The van der Waals surface area contributed by atoms with Crippen molar-refractivity contribution in [1.29, 1.82) is 0 Å². The van der Waals surface area contributed by atoms with Crippen LogP contribution in [0, 0.1) is 0 Å². The van der Waals surface area contributed by atoms with Crippen molar-refractivity contribution < 1.29 is 10.0 Å². The number of benzene rings is 14. The molecule has 0 radical (unpaired) electrons. The molecule has 0 bridgehead atoms. The second-order valence-electron chi connectivity index (χ2n) is 29.8. The van der Waals surface area contributed by atoms with Crippen molar-refractivity contribution in [3.8, 4) is 100 Å². The largest absolute Gasteiger partial charge is 0.488 e. The predicted octanol–water partition coefficient (Wildman–Crippen LogP) is 23.2. The maximum absolute atomic E-state index is 9.30. The summed E-state index contributed by atoms with van der Waals surface area (Å²) in [5.41, 5.74) is 42.4. The van der Waals surface area contributed by atoms with E-state index in [0.717, 1.165) is 14.5 Å². The third-order valence-electron chi connectivity index (χ3n) is 23.8. The van der Waals surface area contributed by atoms with Gasteiger partial charge in [-0.05, 0) is 232 Å². The summed E-state index contributed by atoms with van der Waals surface area (Å²) in [6, 6.07) is 110. The van der Waals surface area contributed by atoms with Crippen LogP contribution in [0.5, 0.6) is 0 Å². The summed E-state index contributed by atoms with van der Waals surface area (Å²) in [5.74, 6) is 0. The van der Waals surface area contributed by atoms with Crippen molar-refractivity contribution in [2.45, 2.75) is 68.6 Å². The highest BCUT2D eigenvalue weighted by Crippen LogP contribution is 2.66. The van der Waals surface area contributed by atoms with E-state index in [1.165, 1.54) is 172 Å². The van der Waals surface area contributed by atoms with Gasteiger partial charge in [-0.1, -0.05) is 322 Å². The van der Waals surface area contributed by atoms with E-state index >= 15 is 0 Å². The van der Waals surface area contributed by atoms with Gasteiger partial charge in [-0.15, -0.1) is 0 Å². The van der Waals surface area contributed by atoms with Gasteiger partial charge in [-0.25, -0.2) is 0 Å². The topological polar surface area (TPSA) is 40.5 Å². The lowest BCUT2D eigenvalue weighted by Crippen LogP contribution is -2.31. The second-order valence-corrected chi connectivity index (χ2v) is 31.6. The first-order valence-corrected chi connectivity index (χ1v) is 36.5. The fourth-order valence-electron chi connectivity index (χ4n) is 19.2. The molecule has 0 aliphatic heterocycles. The molecule has 0 saturated carbocycles. The normalized spacial score (nSPS) is 15.5. The van der Waals surface area contributed by atoms with E-state index < -0.39 is 12.5 Å². The maximum atomic E-state index is 9.30. The van der Waals surface area contributed by atoms with Gasteiger partial charge in [0.25, 0.3) is 0 Å². The second kappa shape index (κ2) is 22.0. The third kappa shape index (κ3) is 8.38. The van der Waals surface area contributed by atoms with Crippen molar-refractivity contribution >= 4 is 44.4 Å². The summed E-state index contributed by atoms with van der Waals surface area (Å²) in [4.78, 5) is 0. The minimum atomic E-state index is -1.41. The van der Waals surface area contributed by atoms with Crippen LogP contribution in [0.3, 0.4) is 0 Å². The zero-order chi connectivity index (χ0) is 67.9. The Labute approximate surface area is 602 Å². The lowest BCUT2D eigenvalue weighted by Gasteiger charge is -2.31. The van der Waals surface area contributed by atoms with Gasteiger partial charge < -0.3 is 10.0 Å². The third-order valence-corrected chi connectivity index (χ3v) is 24.8. The van der Waals surface area contributed by atoms with E-state index in [9.17, 15) is 10.0 Å². The molecule has 7 aliphatic rings. The summed E-state index contributed by atoms with van der Waals surface area (Å²) in [6.07, 6.45) is 0. The van der Waals surface area contributed by atoms with Crippen LogP contribution in [0.15, 0.2) is 306 Å². The van der Waals surface area contributed by atoms with E-state index in [-0.39, 0.29) is 21.7 Å². The molecular weight excluding hydrogens is 1340 g/mol. The molecule has 21 rings (SSSR count). The minimum absolute atomic E-state index is 0.0502. The van der Waals surface area contributed by atoms with Crippen molar-refractivity contribution in [1.82, 2.24) is 0 Å². The molecule has 2 nitrogen and oxygen atoms in total. The Kier molecular flexibility index (Phi) is 13.5. The van der Waals surface area contributed by atoms with E-state index in [0.29, 0.717) is 5.46 Å². The molecule has 0 amide bonds. The predicted molar refractivity (Wildman–Crippen MR) is 421 cm³/mol. The summed E-state index contributed by atoms with van der Waals surface area (Å²) >= 11 is 7.45. The van der Waals surface area contributed by atoms with Gasteiger partial charge in [0.05, 0.1) is 10.8 Å². The Hall–Kier alpha value is -9.98. The molecule has 478 valence electrons. The van der Waals surface area contributed by atoms with Gasteiger partial charge in [0.2, 0.25) is 0 Å². The first-order chi connectivity index (χ1) is 48.5. The highest BCUT2D eigenvalue weighted by molar-refractivity contribution is 9.10. The number of rotatable bonds is 3. The van der Waals surface area contributed by atoms with Crippen LogP contribution in [0.2, 0.25) is 0 Å². The SMILES string of the molecule is Brc1ccc2c(c1)C1(c3ccccc3-2)c2ccccc2-c2ccc(Br)cc21.CC1(C)c2ccccc2-c2ccc(-c3ccc4c(c3)C3(c5ccccc5-4)c4ccccc4-c4ccc(-c5ccc6c(c5)C(C)(C)c5ccccc5-6)cc43)cc21.CC1(C)c2ccccc2-c2ccc(B(O)O)cc21. The zero-order valence-corrected chi connectivity index (χ0v) is 59.7. The molecule has 7 aliphatic carbocycles. The van der Waals surface area contributed by atoms with Crippen LogP contribution >= 0.6 is 31.9 Å². The molecular formula is C95H69BBr2O2. The molecule has 0 aromatic heterocycles. The van der Waals surface area contributed by atoms with Crippen LogP contribution in [0.25, 0.3) is 100 Å². The first kappa shape index (κ1) is 61.1. The zero-order valence-electron chi connectivity index (χ0n) is 56.5. The van der Waals surface area contributed by atoms with Crippen LogP contribution in [0.1, 0.15) is 119 Å². The van der Waals surface area contributed by atoms with Gasteiger partial charge >= 0.3 is 7.12 Å². The highest BCUT2D eigenvalue weighted by Gasteiger charge is 2.54. The standard InChI is InChI=1S/C55H40.C25H14Br2.C15H15BO2/c1-53(2)45-17-9-5-13-37(45)41-25-21-33(29-49(41)53)35-23-27-43-39-15-7-11-19-47(39)55(51(43)31-35)48-20-12-8-16-40(48)44-28-24-36(32-52(44)55)34-22-26-42-38-14-6-10-18-46(38)54(3,4)50(42)30-34;26-15-9-11-19-17-5-1-3-7-21(17)25(23(19)13-15)22-8-4-2-6-18(22)20-12-10-16(27)14-24(20)25;1-15(2)13-6-4-3-5-11(13)12-8-7-10(16(17)18)9-14(12)15/h5-32H,1-4H3;1-14H;3-9,17-18H,1-2H3. The number of hydrogen-bond acceptors (Lipinski definition) is 2. The monoisotopic (exact) mass is 1410 g/mol. The lowest BCUT2D eigenvalue weighted by molar-refractivity contribution is 0.425. The number of fused-ring (bicyclic) bond motifs is 29. The van der Waals surface area contributed by atoms with Crippen molar-refractivity contribution in [3.05, 3.63) is 384 Å². The fourth-order valence-corrected chi connectivity index (χ4v) is 20.0. The Bertz CT molecular complexity index is 5560. The van der Waals surface area contributed by atoms with Gasteiger partial charge in [0.1, 0.15) is 0 Å². The molecule has 5 heteroatoms. The van der Waals surface area contributed by atoms with Crippen LogP contribution < -0.4 is 5.46 Å². The average molecular weight is 1410 g/mol. The van der Waals surface area contributed by atoms with E-state index in [1.807, 2.05) is 24.3 Å². The fraction of sp³-hybridized carbons (Fsp3) is 0.116. The smallest absolute Gasteiger partial charge is 0.423 e. The summed E-state index contributed by atoms with van der Waals surface area (Å²) in [5, 5.41) is 18.6. The average Bonchev–Trinajstić information content (AvgIpc) is 1.51. The van der Waals surface area contributed by atoms with Crippen LogP contribution in [0.4, 0.5) is 0 Å². The van der Waals surface area contributed by atoms with Crippen LogP contribution in [-0.4, -0.2) is 17.2 Å². The Morgan fingerprint density at radius 1 is 0.210 bits per heavy atom. The Morgan fingerprint density at radius 2 is 0.420 bits per heavy atom. The summed E-state index contributed by atoms with van der Waals surface area (Å²) in [7, 11) is -1.41. The van der Waals surface area contributed by atoms with E-state index in [1.54, 1.807) is 6.07 Å². The summed E-state index contributed by atoms with van der Waals surface area (Å²) < 4.78 is 2.24. The van der Waals surface area contributed by atoms with E-state index in [4.69, 9.17) is 0 Å². The minimum Gasteiger partial charge on any atom is -0.423 e. The van der Waals surface area contributed by atoms with Gasteiger partial charge in [0, 0.05) is 25.2 Å². The Balaban J connectivity index is 0.000000127. The molecule has 0 atom stereocenters. The van der Waals surface area contributed by atoms with E-state index in [2.05, 4.69) is 340 Å². The molecule has 2 N–H and O–H groups in total. The number of hydrogen-bond donors (Lipinski definition) is 2. The Morgan fingerprint density at radius 3 is 0.720 bits per heavy atom. The number of halogens is 2.